The molecule has 3 aromatic rings. The Kier molecular flexibility index (Phi) is 5.30. The Labute approximate surface area is 154 Å². The number of carbonyl (C=O) groups is 2. The van der Waals surface area contributed by atoms with Crippen LogP contribution in [0.5, 0.6) is 0 Å². The van der Waals surface area contributed by atoms with Gasteiger partial charge < -0.3 is 9.88 Å². The second-order valence-corrected chi connectivity index (χ2v) is 5.80. The molecule has 1 heterocycles. The van der Waals surface area contributed by atoms with Gasteiger partial charge in [-0.1, -0.05) is 6.07 Å². The first-order valence-electron chi connectivity index (χ1n) is 8.20. The molecule has 1 N–H and O–H groups in total. The average Bonchev–Trinajstić information content (AvgIpc) is 3.19. The van der Waals surface area contributed by atoms with Gasteiger partial charge in [-0.25, -0.2) is 8.78 Å². The van der Waals surface area contributed by atoms with Gasteiger partial charge in [-0.05, 0) is 48.5 Å². The van der Waals surface area contributed by atoms with Crippen LogP contribution in [0, 0.1) is 11.6 Å². The van der Waals surface area contributed by atoms with Gasteiger partial charge in [0.25, 0.3) is 5.91 Å². The highest BCUT2D eigenvalue weighted by atomic mass is 19.1. The van der Waals surface area contributed by atoms with E-state index in [0.717, 1.165) is 17.0 Å². The predicted molar refractivity (Wildman–Crippen MR) is 97.9 cm³/mol. The van der Waals surface area contributed by atoms with Crippen molar-refractivity contribution in [2.75, 3.05) is 18.5 Å². The maximum atomic E-state index is 14.5. The van der Waals surface area contributed by atoms with Crippen molar-refractivity contribution in [3.05, 3.63) is 84.2 Å². The van der Waals surface area contributed by atoms with Crippen LogP contribution in [0.4, 0.5) is 14.5 Å². The molecule has 0 unspecified atom stereocenters. The standard InChI is InChI=1S/C20H17F2N3O2/c1-23-19(26)13-25(16-6-4-5-15(21)12-16)20(27)14-7-8-18(17(22)11-14)24-9-2-3-10-24/h2-12H,13H2,1H3,(H,23,26). The van der Waals surface area contributed by atoms with E-state index < -0.39 is 23.4 Å². The van der Waals surface area contributed by atoms with Gasteiger partial charge in [0.1, 0.15) is 18.2 Å². The van der Waals surface area contributed by atoms with Crippen molar-refractivity contribution in [1.29, 1.82) is 0 Å². The smallest absolute Gasteiger partial charge is 0.258 e. The van der Waals surface area contributed by atoms with Crippen molar-refractivity contribution in [2.45, 2.75) is 0 Å². The quantitative estimate of drug-likeness (QED) is 0.751. The van der Waals surface area contributed by atoms with Gasteiger partial charge in [-0.3, -0.25) is 14.5 Å². The Bertz CT molecular complexity index is 971. The van der Waals surface area contributed by atoms with E-state index in [2.05, 4.69) is 5.32 Å². The molecule has 3 rings (SSSR count). The van der Waals surface area contributed by atoms with Gasteiger partial charge in [-0.2, -0.15) is 0 Å². The molecule has 5 nitrogen and oxygen atoms in total. The number of hydrogen-bond donors (Lipinski definition) is 1. The lowest BCUT2D eigenvalue weighted by molar-refractivity contribution is -0.119. The zero-order chi connectivity index (χ0) is 19.4. The minimum absolute atomic E-state index is 0.0524. The summed E-state index contributed by atoms with van der Waals surface area (Å²) in [6.45, 7) is -0.320. The lowest BCUT2D eigenvalue weighted by atomic mass is 10.1. The summed E-state index contributed by atoms with van der Waals surface area (Å²) in [7, 11) is 1.43. The summed E-state index contributed by atoms with van der Waals surface area (Å²) in [6, 6.07) is 12.9. The zero-order valence-electron chi connectivity index (χ0n) is 14.5. The number of aromatic nitrogens is 1. The number of hydrogen-bond acceptors (Lipinski definition) is 2. The predicted octanol–water partition coefficient (Wildman–Crippen LogP) is 3.15. The van der Waals surface area contributed by atoms with E-state index in [-0.39, 0.29) is 17.8 Å². The Balaban J connectivity index is 1.96. The summed E-state index contributed by atoms with van der Waals surface area (Å²) in [5.41, 5.74) is 0.551. The van der Waals surface area contributed by atoms with Crippen molar-refractivity contribution in [3.8, 4) is 5.69 Å². The van der Waals surface area contributed by atoms with E-state index >= 15 is 0 Å². The van der Waals surface area contributed by atoms with Crippen molar-refractivity contribution in [2.24, 2.45) is 0 Å². The van der Waals surface area contributed by atoms with Gasteiger partial charge in [0.2, 0.25) is 5.91 Å². The average molecular weight is 369 g/mol. The first-order chi connectivity index (χ1) is 13.0. The molecular formula is C20H17F2N3O2. The lowest BCUT2D eigenvalue weighted by Gasteiger charge is -2.22. The molecule has 7 heteroatoms. The van der Waals surface area contributed by atoms with E-state index in [1.54, 1.807) is 29.1 Å². The van der Waals surface area contributed by atoms with Gasteiger partial charge in [0.15, 0.2) is 0 Å². The van der Waals surface area contributed by atoms with Crippen LogP contribution in [-0.4, -0.2) is 30.0 Å². The molecule has 0 aliphatic carbocycles. The Morgan fingerprint density at radius 3 is 2.41 bits per heavy atom. The number of rotatable bonds is 5. The number of carbonyl (C=O) groups excluding carboxylic acids is 2. The molecule has 0 saturated heterocycles. The molecule has 2 amide bonds. The van der Waals surface area contributed by atoms with Crippen molar-refractivity contribution >= 4 is 17.5 Å². The number of benzene rings is 2. The second kappa shape index (κ2) is 7.82. The van der Waals surface area contributed by atoms with Gasteiger partial charge >= 0.3 is 0 Å². The number of likely N-dealkylation sites (N-methyl/N-ethyl adjacent to an activating group) is 1. The normalized spacial score (nSPS) is 10.5. The highest BCUT2D eigenvalue weighted by Gasteiger charge is 2.22. The van der Waals surface area contributed by atoms with Crippen molar-refractivity contribution < 1.29 is 18.4 Å². The monoisotopic (exact) mass is 369 g/mol. The summed E-state index contributed by atoms with van der Waals surface area (Å²) in [5, 5.41) is 2.42. The molecular weight excluding hydrogens is 352 g/mol. The second-order valence-electron chi connectivity index (χ2n) is 5.80. The van der Waals surface area contributed by atoms with Crippen LogP contribution in [-0.2, 0) is 4.79 Å². The number of anilines is 1. The van der Waals surface area contributed by atoms with Crippen molar-refractivity contribution in [1.82, 2.24) is 9.88 Å². The van der Waals surface area contributed by atoms with Crippen LogP contribution in [0.2, 0.25) is 0 Å². The molecule has 138 valence electrons. The fourth-order valence-corrected chi connectivity index (χ4v) is 2.65. The molecule has 0 fully saturated rings. The number of nitrogens with zero attached hydrogens (tertiary/aromatic N) is 2. The van der Waals surface area contributed by atoms with E-state index in [4.69, 9.17) is 0 Å². The molecule has 0 saturated carbocycles. The third kappa shape index (κ3) is 4.03. The number of amides is 2. The SMILES string of the molecule is CNC(=O)CN(C(=O)c1ccc(-n2cccc2)c(F)c1)c1cccc(F)c1. The number of nitrogens with one attached hydrogen (secondary N) is 1. The fourth-order valence-electron chi connectivity index (χ4n) is 2.65. The molecule has 1 aromatic heterocycles. The maximum absolute atomic E-state index is 14.5. The van der Waals surface area contributed by atoms with Crippen LogP contribution in [0.3, 0.4) is 0 Å². The Hall–Kier alpha value is -3.48. The molecule has 0 bridgehead atoms. The van der Waals surface area contributed by atoms with Crippen LogP contribution >= 0.6 is 0 Å². The van der Waals surface area contributed by atoms with E-state index in [1.165, 1.54) is 37.4 Å². The van der Waals surface area contributed by atoms with E-state index in [9.17, 15) is 18.4 Å². The molecule has 2 aromatic carbocycles. The minimum Gasteiger partial charge on any atom is -0.358 e. The minimum atomic E-state index is -0.609. The van der Waals surface area contributed by atoms with Gasteiger partial charge in [0, 0.05) is 30.7 Å². The first kappa shape index (κ1) is 18.3. The number of halogens is 2. The molecule has 0 aliphatic rings. The van der Waals surface area contributed by atoms with Crippen LogP contribution in [0.1, 0.15) is 10.4 Å². The van der Waals surface area contributed by atoms with Crippen molar-refractivity contribution in [3.63, 3.8) is 0 Å². The molecule has 0 spiro atoms. The summed E-state index contributed by atoms with van der Waals surface area (Å²) in [6.07, 6.45) is 3.37. The lowest BCUT2D eigenvalue weighted by Crippen LogP contribution is -2.40. The Morgan fingerprint density at radius 1 is 1.04 bits per heavy atom. The summed E-state index contributed by atoms with van der Waals surface area (Å²) in [5.74, 6) is -2.17. The third-order valence-corrected chi connectivity index (χ3v) is 4.02. The third-order valence-electron chi connectivity index (χ3n) is 4.02. The highest BCUT2D eigenvalue weighted by molar-refractivity contribution is 6.08. The summed E-state index contributed by atoms with van der Waals surface area (Å²) in [4.78, 5) is 25.8. The topological polar surface area (TPSA) is 54.3 Å². The first-order valence-corrected chi connectivity index (χ1v) is 8.20. The highest BCUT2D eigenvalue weighted by Crippen LogP contribution is 2.21. The van der Waals surface area contributed by atoms with E-state index in [0.29, 0.717) is 5.69 Å². The Morgan fingerprint density at radius 2 is 1.78 bits per heavy atom. The van der Waals surface area contributed by atoms with Gasteiger partial charge in [0.05, 0.1) is 5.69 Å². The molecule has 27 heavy (non-hydrogen) atoms. The van der Waals surface area contributed by atoms with Crippen LogP contribution < -0.4 is 10.2 Å². The molecule has 0 radical (unpaired) electrons. The summed E-state index contributed by atoms with van der Waals surface area (Å²) < 4.78 is 29.7. The largest absolute Gasteiger partial charge is 0.358 e. The van der Waals surface area contributed by atoms with Crippen LogP contribution in [0.25, 0.3) is 5.69 Å². The molecule has 0 aliphatic heterocycles. The summed E-state index contributed by atoms with van der Waals surface area (Å²) >= 11 is 0. The molecule has 0 atom stereocenters. The zero-order valence-corrected chi connectivity index (χ0v) is 14.5. The maximum Gasteiger partial charge on any atom is 0.258 e. The van der Waals surface area contributed by atoms with E-state index in [1.807, 2.05) is 0 Å². The van der Waals surface area contributed by atoms with Crippen LogP contribution in [0.15, 0.2) is 67.0 Å². The van der Waals surface area contributed by atoms with Gasteiger partial charge in [-0.15, -0.1) is 0 Å². The fraction of sp³-hybridized carbons (Fsp3) is 0.100.